The highest BCUT2D eigenvalue weighted by Gasteiger charge is 2.37. The van der Waals surface area contributed by atoms with Crippen molar-refractivity contribution < 1.29 is 19.1 Å². The highest BCUT2D eigenvalue weighted by molar-refractivity contribution is 5.88. The number of likely N-dealkylation sites (tertiary alicyclic amines) is 2. The summed E-state index contributed by atoms with van der Waals surface area (Å²) in [6.45, 7) is 4.01. The lowest BCUT2D eigenvalue weighted by molar-refractivity contribution is -0.129. The molecule has 0 aromatic heterocycles. The van der Waals surface area contributed by atoms with E-state index in [0.717, 1.165) is 0 Å². The monoisotopic (exact) mass is 363 g/mol. The first kappa shape index (κ1) is 18.6. The van der Waals surface area contributed by atoms with Gasteiger partial charge in [-0.3, -0.25) is 4.79 Å². The van der Waals surface area contributed by atoms with Crippen LogP contribution in [-0.2, 0) is 11.2 Å². The van der Waals surface area contributed by atoms with Crippen molar-refractivity contribution in [2.45, 2.75) is 44.2 Å². The Kier molecular flexibility index (Phi) is 5.46. The standard InChI is InChI=1S/C19H26FN3O3/c1-2-22-10-7-16(17(22)24)21-18(25)23-11-8-19(26,9-12-23)13-14-5-3-4-6-15(14)20/h3-6,16,26H,2,7-13H2,1H3,(H,21,25)/t16-/m0/s1. The molecule has 2 heterocycles. The van der Waals surface area contributed by atoms with Gasteiger partial charge in [0.2, 0.25) is 5.91 Å². The fraction of sp³-hybridized carbons (Fsp3) is 0.579. The smallest absolute Gasteiger partial charge is 0.318 e. The molecule has 0 radical (unpaired) electrons. The van der Waals surface area contributed by atoms with E-state index in [1.54, 1.807) is 28.0 Å². The Morgan fingerprint density at radius 1 is 1.31 bits per heavy atom. The van der Waals surface area contributed by atoms with Crippen LogP contribution in [0.4, 0.5) is 9.18 Å². The zero-order valence-corrected chi connectivity index (χ0v) is 15.1. The van der Waals surface area contributed by atoms with Crippen molar-refractivity contribution in [3.8, 4) is 0 Å². The summed E-state index contributed by atoms with van der Waals surface area (Å²) in [5, 5.41) is 13.6. The van der Waals surface area contributed by atoms with Gasteiger partial charge in [-0.1, -0.05) is 18.2 Å². The Labute approximate surface area is 153 Å². The Morgan fingerprint density at radius 2 is 2.00 bits per heavy atom. The van der Waals surface area contributed by atoms with Gasteiger partial charge in [-0.05, 0) is 37.8 Å². The summed E-state index contributed by atoms with van der Waals surface area (Å²) in [6.07, 6.45) is 1.63. The van der Waals surface area contributed by atoms with E-state index < -0.39 is 11.6 Å². The number of halogens is 1. The number of hydrogen-bond donors (Lipinski definition) is 2. The van der Waals surface area contributed by atoms with Crippen molar-refractivity contribution in [2.75, 3.05) is 26.2 Å². The van der Waals surface area contributed by atoms with Crippen molar-refractivity contribution in [1.82, 2.24) is 15.1 Å². The van der Waals surface area contributed by atoms with Gasteiger partial charge in [0.25, 0.3) is 0 Å². The van der Waals surface area contributed by atoms with E-state index in [9.17, 15) is 19.1 Å². The number of carbonyl (C=O) groups is 2. The highest BCUT2D eigenvalue weighted by atomic mass is 19.1. The zero-order chi connectivity index (χ0) is 18.7. The molecule has 2 saturated heterocycles. The second-order valence-electron chi connectivity index (χ2n) is 7.19. The second-order valence-corrected chi connectivity index (χ2v) is 7.19. The molecule has 1 atom stereocenters. The van der Waals surface area contributed by atoms with E-state index in [1.165, 1.54) is 6.07 Å². The van der Waals surface area contributed by atoms with Crippen molar-refractivity contribution in [3.63, 3.8) is 0 Å². The molecular formula is C19H26FN3O3. The third-order valence-corrected chi connectivity index (χ3v) is 5.44. The quantitative estimate of drug-likeness (QED) is 0.852. The number of nitrogens with one attached hydrogen (secondary N) is 1. The average molecular weight is 363 g/mol. The maximum absolute atomic E-state index is 13.8. The summed E-state index contributed by atoms with van der Waals surface area (Å²) in [4.78, 5) is 27.9. The highest BCUT2D eigenvalue weighted by Crippen LogP contribution is 2.27. The van der Waals surface area contributed by atoms with Gasteiger partial charge in [0.05, 0.1) is 5.60 Å². The number of piperidine rings is 1. The molecule has 142 valence electrons. The molecule has 1 aromatic carbocycles. The number of nitrogens with zero attached hydrogens (tertiary/aromatic N) is 2. The molecule has 6 nitrogen and oxygen atoms in total. The fourth-order valence-corrected chi connectivity index (χ4v) is 3.73. The van der Waals surface area contributed by atoms with Crippen LogP contribution in [0.25, 0.3) is 0 Å². The molecule has 26 heavy (non-hydrogen) atoms. The minimum Gasteiger partial charge on any atom is -0.389 e. The van der Waals surface area contributed by atoms with Crippen LogP contribution in [0.5, 0.6) is 0 Å². The lowest BCUT2D eigenvalue weighted by Gasteiger charge is -2.38. The predicted molar refractivity (Wildman–Crippen MR) is 95.1 cm³/mol. The first-order chi connectivity index (χ1) is 12.4. The average Bonchev–Trinajstić information content (AvgIpc) is 2.97. The summed E-state index contributed by atoms with van der Waals surface area (Å²) in [5.41, 5.74) is -0.523. The Bertz CT molecular complexity index is 674. The number of carbonyl (C=O) groups excluding carboxylic acids is 2. The van der Waals surface area contributed by atoms with Gasteiger partial charge in [0.1, 0.15) is 11.9 Å². The summed E-state index contributed by atoms with van der Waals surface area (Å²) < 4.78 is 13.8. The summed E-state index contributed by atoms with van der Waals surface area (Å²) >= 11 is 0. The van der Waals surface area contributed by atoms with Gasteiger partial charge in [-0.25, -0.2) is 9.18 Å². The molecule has 1 aromatic rings. The molecule has 0 bridgehead atoms. The van der Waals surface area contributed by atoms with Gasteiger partial charge < -0.3 is 20.2 Å². The summed E-state index contributed by atoms with van der Waals surface area (Å²) in [5.74, 6) is -0.352. The molecule has 0 unspecified atom stereocenters. The zero-order valence-electron chi connectivity index (χ0n) is 15.1. The van der Waals surface area contributed by atoms with E-state index >= 15 is 0 Å². The number of hydrogen-bond acceptors (Lipinski definition) is 3. The molecule has 2 aliphatic rings. The second kappa shape index (κ2) is 7.61. The third kappa shape index (κ3) is 3.98. The molecule has 0 spiro atoms. The minimum absolute atomic E-state index is 0.0334. The van der Waals surface area contributed by atoms with Crippen molar-refractivity contribution in [3.05, 3.63) is 35.6 Å². The van der Waals surface area contributed by atoms with Crippen molar-refractivity contribution in [1.29, 1.82) is 0 Å². The van der Waals surface area contributed by atoms with Crippen LogP contribution in [-0.4, -0.2) is 64.7 Å². The predicted octanol–water partition coefficient (Wildman–Crippen LogP) is 1.53. The van der Waals surface area contributed by atoms with Crippen molar-refractivity contribution >= 4 is 11.9 Å². The molecule has 0 saturated carbocycles. The van der Waals surface area contributed by atoms with E-state index in [2.05, 4.69) is 5.32 Å². The lowest BCUT2D eigenvalue weighted by atomic mass is 9.85. The van der Waals surface area contributed by atoms with Gasteiger partial charge in [-0.15, -0.1) is 0 Å². The maximum Gasteiger partial charge on any atom is 0.318 e. The normalized spacial score (nSPS) is 22.6. The molecule has 2 fully saturated rings. The first-order valence-electron chi connectivity index (χ1n) is 9.22. The Balaban J connectivity index is 1.52. The number of aliphatic hydroxyl groups is 1. The largest absolute Gasteiger partial charge is 0.389 e. The lowest BCUT2D eigenvalue weighted by Crippen LogP contribution is -2.53. The van der Waals surface area contributed by atoms with Crippen LogP contribution < -0.4 is 5.32 Å². The topological polar surface area (TPSA) is 72.9 Å². The number of amides is 3. The molecule has 0 aliphatic carbocycles. The molecule has 3 amide bonds. The van der Waals surface area contributed by atoms with E-state index in [0.29, 0.717) is 51.0 Å². The maximum atomic E-state index is 13.8. The SMILES string of the molecule is CCN1CC[C@H](NC(=O)N2CCC(O)(Cc3ccccc3F)CC2)C1=O. The molecule has 2 aliphatic heterocycles. The number of urea groups is 1. The molecule has 2 N–H and O–H groups in total. The number of rotatable bonds is 4. The summed E-state index contributed by atoms with van der Waals surface area (Å²) in [6, 6.07) is 5.72. The third-order valence-electron chi connectivity index (χ3n) is 5.44. The van der Waals surface area contributed by atoms with Gasteiger partial charge in [0.15, 0.2) is 0 Å². The van der Waals surface area contributed by atoms with Gasteiger partial charge >= 0.3 is 6.03 Å². The van der Waals surface area contributed by atoms with Crippen LogP contribution in [0.1, 0.15) is 31.7 Å². The van der Waals surface area contributed by atoms with Crippen molar-refractivity contribution in [2.24, 2.45) is 0 Å². The molecule has 3 rings (SSSR count). The van der Waals surface area contributed by atoms with Crippen LogP contribution in [0.15, 0.2) is 24.3 Å². The van der Waals surface area contributed by atoms with Gasteiger partial charge in [0, 0.05) is 32.6 Å². The van der Waals surface area contributed by atoms with E-state index in [4.69, 9.17) is 0 Å². The number of benzene rings is 1. The van der Waals surface area contributed by atoms with Crippen LogP contribution >= 0.6 is 0 Å². The molecular weight excluding hydrogens is 337 g/mol. The molecule has 7 heteroatoms. The van der Waals surface area contributed by atoms with E-state index in [1.807, 2.05) is 6.92 Å². The van der Waals surface area contributed by atoms with E-state index in [-0.39, 0.29) is 24.2 Å². The Morgan fingerprint density at radius 3 is 2.62 bits per heavy atom. The Hall–Kier alpha value is -2.15. The van der Waals surface area contributed by atoms with Crippen LogP contribution in [0, 0.1) is 5.82 Å². The summed E-state index contributed by atoms with van der Waals surface area (Å²) in [7, 11) is 0. The number of likely N-dealkylation sites (N-methyl/N-ethyl adjacent to an activating group) is 1. The van der Waals surface area contributed by atoms with Crippen LogP contribution in [0.2, 0.25) is 0 Å². The van der Waals surface area contributed by atoms with Gasteiger partial charge in [-0.2, -0.15) is 0 Å². The minimum atomic E-state index is -1.01. The van der Waals surface area contributed by atoms with Crippen LogP contribution in [0.3, 0.4) is 0 Å². The fourth-order valence-electron chi connectivity index (χ4n) is 3.73. The first-order valence-corrected chi connectivity index (χ1v) is 9.22.